The molecule has 23 heavy (non-hydrogen) atoms. The maximum Gasteiger partial charge on any atom is 0.254 e. The fraction of sp³-hybridized carbons (Fsp3) is 0.444. The largest absolute Gasteiger partial charge is 0.360 e. The second-order valence-corrected chi connectivity index (χ2v) is 6.32. The van der Waals surface area contributed by atoms with Gasteiger partial charge in [-0.1, -0.05) is 22.9 Å². The second kappa shape index (κ2) is 6.54. The van der Waals surface area contributed by atoms with E-state index in [1.807, 2.05) is 43.9 Å². The molecule has 0 atom stereocenters. The molecule has 1 saturated heterocycles. The molecule has 2 heterocycles. The summed E-state index contributed by atoms with van der Waals surface area (Å²) < 4.78 is 5.27. The van der Waals surface area contributed by atoms with E-state index in [1.54, 1.807) is 0 Å². The van der Waals surface area contributed by atoms with Gasteiger partial charge in [0, 0.05) is 37.8 Å². The molecule has 0 saturated carbocycles. The van der Waals surface area contributed by atoms with E-state index in [2.05, 4.69) is 16.1 Å². The molecule has 5 nitrogen and oxygen atoms in total. The minimum Gasteiger partial charge on any atom is -0.360 e. The lowest BCUT2D eigenvalue weighted by Crippen LogP contribution is -2.48. The van der Waals surface area contributed by atoms with Gasteiger partial charge in [-0.25, -0.2) is 0 Å². The van der Waals surface area contributed by atoms with Crippen LogP contribution in [0.2, 0.25) is 0 Å². The molecule has 1 aliphatic rings. The van der Waals surface area contributed by atoms with Gasteiger partial charge in [0.15, 0.2) is 5.76 Å². The zero-order valence-electron chi connectivity index (χ0n) is 14.0. The quantitative estimate of drug-likeness (QED) is 0.874. The number of benzene rings is 1. The Morgan fingerprint density at radius 2 is 1.87 bits per heavy atom. The highest BCUT2D eigenvalue weighted by atomic mass is 16.5. The first kappa shape index (κ1) is 15.7. The Balaban J connectivity index is 1.59. The Morgan fingerprint density at radius 1 is 1.13 bits per heavy atom. The predicted octanol–water partition coefficient (Wildman–Crippen LogP) is 2.56. The van der Waals surface area contributed by atoms with Crippen LogP contribution in [0.5, 0.6) is 0 Å². The van der Waals surface area contributed by atoms with Gasteiger partial charge >= 0.3 is 0 Å². The molecule has 1 fully saturated rings. The monoisotopic (exact) mass is 313 g/mol. The molecule has 0 radical (unpaired) electrons. The van der Waals surface area contributed by atoms with Gasteiger partial charge in [-0.3, -0.25) is 9.69 Å². The van der Waals surface area contributed by atoms with Crippen molar-refractivity contribution >= 4 is 5.91 Å². The van der Waals surface area contributed by atoms with Gasteiger partial charge in [-0.2, -0.15) is 0 Å². The average Bonchev–Trinajstić information content (AvgIpc) is 2.92. The van der Waals surface area contributed by atoms with Crippen molar-refractivity contribution in [1.82, 2.24) is 15.0 Å². The number of amides is 1. The Bertz CT molecular complexity index is 700. The van der Waals surface area contributed by atoms with Crippen molar-refractivity contribution in [3.8, 4) is 0 Å². The summed E-state index contributed by atoms with van der Waals surface area (Å²) in [4.78, 5) is 16.9. The molecule has 1 amide bonds. The number of hydrogen-bond acceptors (Lipinski definition) is 4. The Hall–Kier alpha value is -2.14. The fourth-order valence-electron chi connectivity index (χ4n) is 3.04. The number of rotatable bonds is 3. The van der Waals surface area contributed by atoms with Crippen LogP contribution in [0.3, 0.4) is 0 Å². The van der Waals surface area contributed by atoms with Crippen LogP contribution >= 0.6 is 0 Å². The minimum absolute atomic E-state index is 0.137. The number of nitrogens with zero attached hydrogens (tertiary/aromatic N) is 3. The molecule has 1 aromatic carbocycles. The summed E-state index contributed by atoms with van der Waals surface area (Å²) in [5.74, 6) is 1.02. The van der Waals surface area contributed by atoms with Gasteiger partial charge < -0.3 is 9.42 Å². The normalized spacial score (nSPS) is 15.9. The fourth-order valence-corrected chi connectivity index (χ4v) is 3.04. The lowest BCUT2D eigenvalue weighted by molar-refractivity contribution is 0.0616. The molecule has 0 spiro atoms. The predicted molar refractivity (Wildman–Crippen MR) is 88.3 cm³/mol. The Morgan fingerprint density at radius 3 is 2.48 bits per heavy atom. The summed E-state index contributed by atoms with van der Waals surface area (Å²) in [5, 5.41) is 3.92. The Kier molecular flexibility index (Phi) is 4.48. The minimum atomic E-state index is 0.137. The molecule has 0 N–H and O–H groups in total. The van der Waals surface area contributed by atoms with Gasteiger partial charge in [0.1, 0.15) is 0 Å². The summed E-state index contributed by atoms with van der Waals surface area (Å²) in [6.45, 7) is 9.94. The molecule has 5 heteroatoms. The smallest absolute Gasteiger partial charge is 0.254 e. The molecule has 1 aliphatic heterocycles. The van der Waals surface area contributed by atoms with Crippen molar-refractivity contribution in [1.29, 1.82) is 0 Å². The first-order valence-corrected chi connectivity index (χ1v) is 8.04. The standard InChI is InChI=1S/C18H23N3O2/c1-13-4-5-17(14(2)10-13)18(22)21-8-6-20(7-9-21)12-16-11-15(3)19-23-16/h4-5,10-11H,6-9,12H2,1-3H3. The lowest BCUT2D eigenvalue weighted by atomic mass is 10.0. The van der Waals surface area contributed by atoms with E-state index in [4.69, 9.17) is 4.52 Å². The second-order valence-electron chi connectivity index (χ2n) is 6.32. The maximum atomic E-state index is 12.7. The van der Waals surface area contributed by atoms with E-state index in [9.17, 15) is 4.79 Å². The first-order valence-electron chi connectivity index (χ1n) is 8.04. The van der Waals surface area contributed by atoms with E-state index in [0.29, 0.717) is 0 Å². The van der Waals surface area contributed by atoms with Crippen LogP contribution in [0.4, 0.5) is 0 Å². The van der Waals surface area contributed by atoms with Crippen molar-refractivity contribution in [2.24, 2.45) is 0 Å². The van der Waals surface area contributed by atoms with E-state index < -0.39 is 0 Å². The summed E-state index contributed by atoms with van der Waals surface area (Å²) >= 11 is 0. The molecule has 0 unspecified atom stereocenters. The maximum absolute atomic E-state index is 12.7. The van der Waals surface area contributed by atoms with Gasteiger partial charge in [0.2, 0.25) is 0 Å². The van der Waals surface area contributed by atoms with Gasteiger partial charge in [-0.05, 0) is 32.4 Å². The molecular weight excluding hydrogens is 290 g/mol. The summed E-state index contributed by atoms with van der Waals surface area (Å²) in [6.07, 6.45) is 0. The van der Waals surface area contributed by atoms with E-state index in [1.165, 1.54) is 5.56 Å². The van der Waals surface area contributed by atoms with Gasteiger partial charge in [0.25, 0.3) is 5.91 Å². The summed E-state index contributed by atoms with van der Waals surface area (Å²) in [6, 6.07) is 7.97. The van der Waals surface area contributed by atoms with Crippen molar-refractivity contribution < 1.29 is 9.32 Å². The topological polar surface area (TPSA) is 49.6 Å². The van der Waals surface area contributed by atoms with Crippen molar-refractivity contribution in [3.05, 3.63) is 52.4 Å². The molecular formula is C18H23N3O2. The summed E-state index contributed by atoms with van der Waals surface area (Å²) in [7, 11) is 0. The van der Waals surface area contributed by atoms with E-state index >= 15 is 0 Å². The van der Waals surface area contributed by atoms with E-state index in [-0.39, 0.29) is 5.91 Å². The van der Waals surface area contributed by atoms with Crippen molar-refractivity contribution in [3.63, 3.8) is 0 Å². The number of carbonyl (C=O) groups excluding carboxylic acids is 1. The van der Waals surface area contributed by atoms with Gasteiger partial charge in [-0.15, -0.1) is 0 Å². The van der Waals surface area contributed by atoms with Crippen LogP contribution in [-0.2, 0) is 6.54 Å². The Labute approximate surface area is 136 Å². The SMILES string of the molecule is Cc1ccc(C(=O)N2CCN(Cc3cc(C)no3)CC2)c(C)c1. The lowest BCUT2D eigenvalue weighted by Gasteiger charge is -2.34. The summed E-state index contributed by atoms with van der Waals surface area (Å²) in [5.41, 5.74) is 3.96. The number of hydrogen-bond donors (Lipinski definition) is 0. The molecule has 0 bridgehead atoms. The van der Waals surface area contributed by atoms with Crippen LogP contribution in [0.1, 0.15) is 32.9 Å². The third kappa shape index (κ3) is 3.62. The molecule has 122 valence electrons. The zero-order valence-corrected chi connectivity index (χ0v) is 14.0. The third-order valence-electron chi connectivity index (χ3n) is 4.33. The van der Waals surface area contributed by atoms with Gasteiger partial charge in [0.05, 0.1) is 12.2 Å². The average molecular weight is 313 g/mol. The number of carbonyl (C=O) groups is 1. The highest BCUT2D eigenvalue weighted by molar-refractivity contribution is 5.95. The highest BCUT2D eigenvalue weighted by Gasteiger charge is 2.23. The number of piperazine rings is 1. The molecule has 3 rings (SSSR count). The molecule has 0 aliphatic carbocycles. The highest BCUT2D eigenvalue weighted by Crippen LogP contribution is 2.16. The van der Waals surface area contributed by atoms with E-state index in [0.717, 1.165) is 55.3 Å². The van der Waals surface area contributed by atoms with Crippen LogP contribution in [0.15, 0.2) is 28.8 Å². The van der Waals surface area contributed by atoms with Crippen LogP contribution in [0, 0.1) is 20.8 Å². The number of aryl methyl sites for hydroxylation is 3. The van der Waals surface area contributed by atoms with Crippen LogP contribution in [-0.4, -0.2) is 47.0 Å². The van der Waals surface area contributed by atoms with Crippen LogP contribution in [0.25, 0.3) is 0 Å². The number of aromatic nitrogens is 1. The first-order chi connectivity index (χ1) is 11.0. The van der Waals surface area contributed by atoms with Crippen molar-refractivity contribution in [2.45, 2.75) is 27.3 Å². The molecule has 2 aromatic rings. The molecule has 1 aromatic heterocycles. The third-order valence-corrected chi connectivity index (χ3v) is 4.33. The zero-order chi connectivity index (χ0) is 16.4. The van der Waals surface area contributed by atoms with Crippen LogP contribution < -0.4 is 0 Å². The van der Waals surface area contributed by atoms with Crippen molar-refractivity contribution in [2.75, 3.05) is 26.2 Å².